The lowest BCUT2D eigenvalue weighted by atomic mass is 9.91. The first-order valence-corrected chi connectivity index (χ1v) is 6.41. The summed E-state index contributed by atoms with van der Waals surface area (Å²) in [7, 11) is 0. The summed E-state index contributed by atoms with van der Waals surface area (Å²) in [6.45, 7) is 6.22. The van der Waals surface area contributed by atoms with E-state index in [1.807, 2.05) is 0 Å². The SMILES string of the molecule is CCCN(CC1(O)CCNCC1)C1CC1. The van der Waals surface area contributed by atoms with Gasteiger partial charge in [0.15, 0.2) is 0 Å². The fourth-order valence-electron chi connectivity index (χ4n) is 2.55. The fourth-order valence-corrected chi connectivity index (χ4v) is 2.55. The number of aliphatic hydroxyl groups is 1. The maximum atomic E-state index is 10.5. The zero-order valence-electron chi connectivity index (χ0n) is 9.84. The van der Waals surface area contributed by atoms with Gasteiger partial charge in [-0.15, -0.1) is 0 Å². The monoisotopic (exact) mass is 212 g/mol. The van der Waals surface area contributed by atoms with E-state index < -0.39 is 5.60 Å². The van der Waals surface area contributed by atoms with Crippen LogP contribution in [0.25, 0.3) is 0 Å². The van der Waals surface area contributed by atoms with Gasteiger partial charge >= 0.3 is 0 Å². The summed E-state index contributed by atoms with van der Waals surface area (Å²) in [4.78, 5) is 2.51. The highest BCUT2D eigenvalue weighted by molar-refractivity contribution is 4.92. The molecule has 1 aliphatic heterocycles. The molecule has 2 fully saturated rings. The summed E-state index contributed by atoms with van der Waals surface area (Å²) in [5, 5.41) is 13.8. The van der Waals surface area contributed by atoms with Crippen LogP contribution in [-0.4, -0.2) is 47.8 Å². The standard InChI is InChI=1S/C12H24N2O/c1-2-9-14(11-3-4-11)10-12(15)5-7-13-8-6-12/h11,13,15H,2-10H2,1H3. The van der Waals surface area contributed by atoms with Crippen molar-refractivity contribution in [2.75, 3.05) is 26.2 Å². The second-order valence-corrected chi connectivity index (χ2v) is 5.18. The summed E-state index contributed by atoms with van der Waals surface area (Å²) >= 11 is 0. The van der Waals surface area contributed by atoms with Crippen molar-refractivity contribution in [1.82, 2.24) is 10.2 Å². The van der Waals surface area contributed by atoms with Gasteiger partial charge in [0.1, 0.15) is 0 Å². The predicted octanol–water partition coefficient (Wildman–Crippen LogP) is 0.975. The van der Waals surface area contributed by atoms with E-state index in [-0.39, 0.29) is 0 Å². The average molecular weight is 212 g/mol. The summed E-state index contributed by atoms with van der Waals surface area (Å²) < 4.78 is 0. The Labute approximate surface area is 92.8 Å². The van der Waals surface area contributed by atoms with E-state index in [1.54, 1.807) is 0 Å². The third-order valence-corrected chi connectivity index (χ3v) is 3.61. The molecule has 0 aromatic heterocycles. The summed E-state index contributed by atoms with van der Waals surface area (Å²) in [5.41, 5.74) is -0.414. The Kier molecular flexibility index (Phi) is 3.65. The van der Waals surface area contributed by atoms with Gasteiger partial charge in [-0.25, -0.2) is 0 Å². The van der Waals surface area contributed by atoms with Crippen molar-refractivity contribution >= 4 is 0 Å². The summed E-state index contributed by atoms with van der Waals surface area (Å²) in [6, 6.07) is 0.781. The van der Waals surface area contributed by atoms with Gasteiger partial charge in [-0.3, -0.25) is 4.90 Å². The minimum absolute atomic E-state index is 0.414. The molecule has 0 unspecified atom stereocenters. The Hall–Kier alpha value is -0.120. The quantitative estimate of drug-likeness (QED) is 0.713. The molecule has 1 aliphatic carbocycles. The lowest BCUT2D eigenvalue weighted by Crippen LogP contribution is -2.50. The zero-order valence-corrected chi connectivity index (χ0v) is 9.84. The van der Waals surface area contributed by atoms with E-state index in [1.165, 1.54) is 19.3 Å². The van der Waals surface area contributed by atoms with Gasteiger partial charge in [0.25, 0.3) is 0 Å². The first kappa shape index (κ1) is 11.4. The van der Waals surface area contributed by atoms with E-state index in [0.29, 0.717) is 0 Å². The van der Waals surface area contributed by atoms with Crippen LogP contribution in [0.5, 0.6) is 0 Å². The highest BCUT2D eigenvalue weighted by Crippen LogP contribution is 2.30. The smallest absolute Gasteiger partial charge is 0.0798 e. The van der Waals surface area contributed by atoms with Gasteiger partial charge in [-0.2, -0.15) is 0 Å². The lowest BCUT2D eigenvalue weighted by Gasteiger charge is -2.37. The largest absolute Gasteiger partial charge is 0.388 e. The lowest BCUT2D eigenvalue weighted by molar-refractivity contribution is -0.0229. The van der Waals surface area contributed by atoms with Crippen LogP contribution in [0.3, 0.4) is 0 Å². The molecule has 0 aromatic carbocycles. The Balaban J connectivity index is 1.85. The molecule has 2 N–H and O–H groups in total. The average Bonchev–Trinajstić information content (AvgIpc) is 3.01. The van der Waals surface area contributed by atoms with Crippen LogP contribution in [0, 0.1) is 0 Å². The van der Waals surface area contributed by atoms with Crippen LogP contribution < -0.4 is 5.32 Å². The molecule has 2 rings (SSSR count). The molecule has 1 saturated carbocycles. The van der Waals surface area contributed by atoms with Gasteiger partial charge in [0.05, 0.1) is 5.60 Å². The van der Waals surface area contributed by atoms with E-state index >= 15 is 0 Å². The number of piperidine rings is 1. The van der Waals surface area contributed by atoms with Crippen molar-refractivity contribution < 1.29 is 5.11 Å². The maximum Gasteiger partial charge on any atom is 0.0798 e. The molecule has 3 nitrogen and oxygen atoms in total. The Morgan fingerprint density at radius 3 is 2.53 bits per heavy atom. The minimum atomic E-state index is -0.414. The Morgan fingerprint density at radius 1 is 1.33 bits per heavy atom. The molecule has 1 heterocycles. The number of hydrogen-bond acceptors (Lipinski definition) is 3. The topological polar surface area (TPSA) is 35.5 Å². The Bertz CT molecular complexity index is 198. The minimum Gasteiger partial charge on any atom is -0.388 e. The zero-order chi connectivity index (χ0) is 10.7. The molecular formula is C12H24N2O. The van der Waals surface area contributed by atoms with Gasteiger partial charge in [-0.05, 0) is 51.7 Å². The third-order valence-electron chi connectivity index (χ3n) is 3.61. The van der Waals surface area contributed by atoms with Crippen LogP contribution in [-0.2, 0) is 0 Å². The highest BCUT2D eigenvalue weighted by Gasteiger charge is 2.36. The van der Waals surface area contributed by atoms with E-state index in [2.05, 4.69) is 17.1 Å². The van der Waals surface area contributed by atoms with Gasteiger partial charge in [0, 0.05) is 12.6 Å². The first-order valence-electron chi connectivity index (χ1n) is 6.41. The van der Waals surface area contributed by atoms with Crippen LogP contribution in [0.15, 0.2) is 0 Å². The van der Waals surface area contributed by atoms with Crippen molar-refractivity contribution in [1.29, 1.82) is 0 Å². The molecule has 88 valence electrons. The van der Waals surface area contributed by atoms with Crippen molar-refractivity contribution in [2.45, 2.75) is 50.7 Å². The highest BCUT2D eigenvalue weighted by atomic mass is 16.3. The second-order valence-electron chi connectivity index (χ2n) is 5.18. The van der Waals surface area contributed by atoms with Crippen LogP contribution in [0.4, 0.5) is 0 Å². The van der Waals surface area contributed by atoms with Gasteiger partial charge in [0.2, 0.25) is 0 Å². The van der Waals surface area contributed by atoms with Crippen LogP contribution >= 0.6 is 0 Å². The molecule has 0 atom stereocenters. The normalized spacial score (nSPS) is 25.8. The molecule has 3 heteroatoms. The molecule has 1 saturated heterocycles. The van der Waals surface area contributed by atoms with E-state index in [9.17, 15) is 5.11 Å². The summed E-state index contributed by atoms with van der Waals surface area (Å²) in [6.07, 6.45) is 5.72. The van der Waals surface area contributed by atoms with Crippen molar-refractivity contribution in [3.63, 3.8) is 0 Å². The first-order chi connectivity index (χ1) is 7.23. The van der Waals surface area contributed by atoms with Crippen molar-refractivity contribution in [2.24, 2.45) is 0 Å². The molecule has 0 aromatic rings. The fraction of sp³-hybridized carbons (Fsp3) is 1.00. The number of hydrogen-bond donors (Lipinski definition) is 2. The molecule has 15 heavy (non-hydrogen) atoms. The van der Waals surface area contributed by atoms with Crippen LogP contribution in [0.1, 0.15) is 39.0 Å². The Morgan fingerprint density at radius 2 is 2.00 bits per heavy atom. The van der Waals surface area contributed by atoms with Gasteiger partial charge < -0.3 is 10.4 Å². The predicted molar refractivity (Wildman–Crippen MR) is 61.9 cm³/mol. The number of nitrogens with one attached hydrogen (secondary N) is 1. The molecule has 0 bridgehead atoms. The molecule has 0 spiro atoms. The number of rotatable bonds is 5. The third kappa shape index (κ3) is 3.16. The van der Waals surface area contributed by atoms with Crippen molar-refractivity contribution in [3.8, 4) is 0 Å². The molecule has 2 aliphatic rings. The van der Waals surface area contributed by atoms with Crippen LogP contribution in [0.2, 0.25) is 0 Å². The summed E-state index contributed by atoms with van der Waals surface area (Å²) in [5.74, 6) is 0. The molecular weight excluding hydrogens is 188 g/mol. The number of nitrogens with zero attached hydrogens (tertiary/aromatic N) is 1. The van der Waals surface area contributed by atoms with E-state index in [0.717, 1.165) is 45.1 Å². The second kappa shape index (κ2) is 4.81. The van der Waals surface area contributed by atoms with Crippen molar-refractivity contribution in [3.05, 3.63) is 0 Å². The molecule has 0 radical (unpaired) electrons. The maximum absolute atomic E-state index is 10.5. The van der Waals surface area contributed by atoms with E-state index in [4.69, 9.17) is 0 Å². The molecule has 0 amide bonds. The van der Waals surface area contributed by atoms with Gasteiger partial charge in [-0.1, -0.05) is 6.92 Å².